The van der Waals surface area contributed by atoms with Gasteiger partial charge in [-0.3, -0.25) is 0 Å². The van der Waals surface area contributed by atoms with Crippen molar-refractivity contribution in [2.75, 3.05) is 6.54 Å². The Morgan fingerprint density at radius 2 is 1.56 bits per heavy atom. The summed E-state index contributed by atoms with van der Waals surface area (Å²) in [5.74, 6) is -0.548. The summed E-state index contributed by atoms with van der Waals surface area (Å²) in [5, 5.41) is 3.43. The average Bonchev–Trinajstić information content (AvgIpc) is 2.24. The van der Waals surface area contributed by atoms with Crippen molar-refractivity contribution in [1.82, 2.24) is 5.32 Å². The van der Waals surface area contributed by atoms with Crippen LogP contribution in [0.1, 0.15) is 53.4 Å². The van der Waals surface area contributed by atoms with Crippen LogP contribution in [0.15, 0.2) is 0 Å². The molecule has 1 aliphatic rings. The highest BCUT2D eigenvalue weighted by Crippen LogP contribution is 2.37. The molecule has 1 N–H and O–H groups in total. The summed E-state index contributed by atoms with van der Waals surface area (Å²) in [6.45, 7) is 9.67. The number of rotatable bonds is 3. The van der Waals surface area contributed by atoms with Crippen molar-refractivity contribution in [3.63, 3.8) is 0 Å². The molecule has 1 atom stereocenters. The van der Waals surface area contributed by atoms with E-state index in [1.165, 1.54) is 0 Å². The third-order valence-corrected chi connectivity index (χ3v) is 4.38. The number of hydrogen-bond donors (Lipinski definition) is 1. The largest absolute Gasteiger partial charge is 0.391 e. The van der Waals surface area contributed by atoms with Gasteiger partial charge in [-0.2, -0.15) is 13.2 Å². The van der Waals surface area contributed by atoms with Crippen LogP contribution in [0.5, 0.6) is 0 Å². The molecule has 1 unspecified atom stereocenters. The highest BCUT2D eigenvalue weighted by Gasteiger charge is 2.41. The molecule has 1 saturated carbocycles. The van der Waals surface area contributed by atoms with Crippen LogP contribution in [0.3, 0.4) is 0 Å². The molecular formula is C14H26F3N. The van der Waals surface area contributed by atoms with Crippen molar-refractivity contribution in [1.29, 1.82) is 0 Å². The molecule has 0 aromatic rings. The second-order valence-corrected chi connectivity index (χ2v) is 6.77. The summed E-state index contributed by atoms with van der Waals surface area (Å²) in [5.41, 5.74) is 0.246. The lowest BCUT2D eigenvalue weighted by Crippen LogP contribution is -2.40. The Bertz CT molecular complexity index is 247. The maximum Gasteiger partial charge on any atom is 0.391 e. The average molecular weight is 265 g/mol. The monoisotopic (exact) mass is 265 g/mol. The Hall–Kier alpha value is -0.250. The van der Waals surface area contributed by atoms with Crippen molar-refractivity contribution in [3.8, 4) is 0 Å². The van der Waals surface area contributed by atoms with Gasteiger partial charge in [0.15, 0.2) is 0 Å². The van der Waals surface area contributed by atoms with Gasteiger partial charge in [0, 0.05) is 6.04 Å². The molecule has 0 aromatic heterocycles. The van der Waals surface area contributed by atoms with Crippen LogP contribution in [-0.2, 0) is 0 Å². The van der Waals surface area contributed by atoms with E-state index in [4.69, 9.17) is 0 Å². The molecule has 1 aliphatic carbocycles. The van der Waals surface area contributed by atoms with Gasteiger partial charge in [-0.05, 0) is 43.6 Å². The molecule has 1 nitrogen and oxygen atoms in total. The quantitative estimate of drug-likeness (QED) is 0.798. The van der Waals surface area contributed by atoms with Gasteiger partial charge in [0.2, 0.25) is 0 Å². The molecular weight excluding hydrogens is 239 g/mol. The number of halogens is 3. The van der Waals surface area contributed by atoms with E-state index in [-0.39, 0.29) is 24.3 Å². The van der Waals surface area contributed by atoms with Gasteiger partial charge in [0.05, 0.1) is 5.92 Å². The van der Waals surface area contributed by atoms with Gasteiger partial charge in [0.25, 0.3) is 0 Å². The minimum atomic E-state index is -4.00. The van der Waals surface area contributed by atoms with Crippen molar-refractivity contribution in [2.24, 2.45) is 17.3 Å². The topological polar surface area (TPSA) is 12.0 Å². The fourth-order valence-corrected chi connectivity index (χ4v) is 2.27. The highest BCUT2D eigenvalue weighted by atomic mass is 19.4. The van der Waals surface area contributed by atoms with E-state index in [1.807, 2.05) is 0 Å². The molecule has 1 fully saturated rings. The number of nitrogens with one attached hydrogen (secondary N) is 1. The molecule has 0 amide bonds. The zero-order chi connectivity index (χ0) is 14.0. The van der Waals surface area contributed by atoms with E-state index < -0.39 is 12.1 Å². The minimum Gasteiger partial charge on any atom is -0.314 e. The lowest BCUT2D eigenvalue weighted by atomic mass is 9.81. The molecule has 0 saturated heterocycles. The van der Waals surface area contributed by atoms with Gasteiger partial charge in [-0.25, -0.2) is 0 Å². The Morgan fingerprint density at radius 3 is 1.94 bits per heavy atom. The maximum atomic E-state index is 12.5. The number of hydrogen-bond acceptors (Lipinski definition) is 1. The normalized spacial score (nSPS) is 28.2. The third kappa shape index (κ3) is 4.79. The second-order valence-electron chi connectivity index (χ2n) is 6.77. The Labute approximate surface area is 109 Å². The molecule has 18 heavy (non-hydrogen) atoms. The smallest absolute Gasteiger partial charge is 0.314 e. The van der Waals surface area contributed by atoms with Crippen molar-refractivity contribution in [3.05, 3.63) is 0 Å². The Kier molecular flexibility index (Phi) is 5.10. The summed E-state index contributed by atoms with van der Waals surface area (Å²) in [4.78, 5) is 0. The molecule has 108 valence electrons. The standard InChI is InChI=1S/C14H26F3N/c1-10(13(2,3)4)9-18-12-7-5-11(6-8-12)14(15,16)17/h10-12,18H,5-9H2,1-4H3. The summed E-state index contributed by atoms with van der Waals surface area (Å²) in [7, 11) is 0. The minimum absolute atomic E-state index is 0.246. The summed E-state index contributed by atoms with van der Waals surface area (Å²) in [6.07, 6.45) is -2.12. The molecule has 0 radical (unpaired) electrons. The van der Waals surface area contributed by atoms with E-state index in [0.717, 1.165) is 6.54 Å². The predicted molar refractivity (Wildman–Crippen MR) is 68.4 cm³/mol. The SMILES string of the molecule is CC(CNC1CCC(C(F)(F)F)CC1)C(C)(C)C. The first-order valence-electron chi connectivity index (χ1n) is 6.91. The fourth-order valence-electron chi connectivity index (χ4n) is 2.27. The van der Waals surface area contributed by atoms with Crippen LogP contribution in [0.25, 0.3) is 0 Å². The van der Waals surface area contributed by atoms with E-state index in [1.54, 1.807) is 0 Å². The molecule has 1 rings (SSSR count). The molecule has 4 heteroatoms. The van der Waals surface area contributed by atoms with E-state index in [0.29, 0.717) is 18.8 Å². The van der Waals surface area contributed by atoms with Crippen LogP contribution >= 0.6 is 0 Å². The summed E-state index contributed by atoms with van der Waals surface area (Å²) < 4.78 is 37.6. The summed E-state index contributed by atoms with van der Waals surface area (Å²) in [6, 6.07) is 0.272. The zero-order valence-electron chi connectivity index (χ0n) is 11.9. The number of alkyl halides is 3. The molecule has 0 bridgehead atoms. The zero-order valence-corrected chi connectivity index (χ0v) is 11.9. The van der Waals surface area contributed by atoms with Crippen molar-refractivity contribution >= 4 is 0 Å². The van der Waals surface area contributed by atoms with Gasteiger partial charge in [-0.1, -0.05) is 27.7 Å². The lowest BCUT2D eigenvalue weighted by molar-refractivity contribution is -0.182. The van der Waals surface area contributed by atoms with Gasteiger partial charge >= 0.3 is 6.18 Å². The summed E-state index contributed by atoms with van der Waals surface area (Å²) >= 11 is 0. The van der Waals surface area contributed by atoms with Crippen LogP contribution in [-0.4, -0.2) is 18.8 Å². The van der Waals surface area contributed by atoms with Crippen molar-refractivity contribution < 1.29 is 13.2 Å². The molecule has 0 spiro atoms. The van der Waals surface area contributed by atoms with Crippen LogP contribution in [0.4, 0.5) is 13.2 Å². The fraction of sp³-hybridized carbons (Fsp3) is 1.00. The first-order chi connectivity index (χ1) is 8.10. The first-order valence-corrected chi connectivity index (χ1v) is 6.91. The van der Waals surface area contributed by atoms with E-state index in [9.17, 15) is 13.2 Å². The Morgan fingerprint density at radius 1 is 1.06 bits per heavy atom. The van der Waals surface area contributed by atoms with Gasteiger partial charge < -0.3 is 5.32 Å². The molecule has 0 heterocycles. The molecule has 0 aliphatic heterocycles. The van der Waals surface area contributed by atoms with Crippen LogP contribution in [0, 0.1) is 17.3 Å². The van der Waals surface area contributed by atoms with E-state index in [2.05, 4.69) is 33.0 Å². The van der Waals surface area contributed by atoms with Crippen LogP contribution < -0.4 is 5.32 Å². The maximum absolute atomic E-state index is 12.5. The predicted octanol–water partition coefficient (Wildman–Crippen LogP) is 4.38. The lowest BCUT2D eigenvalue weighted by Gasteiger charge is -2.33. The second kappa shape index (κ2) is 5.81. The van der Waals surface area contributed by atoms with Gasteiger partial charge in [-0.15, -0.1) is 0 Å². The van der Waals surface area contributed by atoms with Gasteiger partial charge in [0.1, 0.15) is 0 Å². The highest BCUT2D eigenvalue weighted by molar-refractivity contribution is 4.82. The van der Waals surface area contributed by atoms with Crippen LogP contribution in [0.2, 0.25) is 0 Å². The first kappa shape index (κ1) is 15.8. The van der Waals surface area contributed by atoms with Crippen molar-refractivity contribution in [2.45, 2.75) is 65.6 Å². The molecule has 0 aromatic carbocycles. The third-order valence-electron chi connectivity index (χ3n) is 4.38. The Balaban J connectivity index is 2.28. The van der Waals surface area contributed by atoms with E-state index >= 15 is 0 Å².